The van der Waals surface area contributed by atoms with Gasteiger partial charge in [0.05, 0.1) is 0 Å². The van der Waals surface area contributed by atoms with Crippen LogP contribution in [0.1, 0.15) is 38.3 Å². The molecule has 1 atom stereocenters. The van der Waals surface area contributed by atoms with Gasteiger partial charge in [-0.2, -0.15) is 0 Å². The van der Waals surface area contributed by atoms with Crippen LogP contribution in [0.15, 0.2) is 18.2 Å². The fourth-order valence-electron chi connectivity index (χ4n) is 1.74. The van der Waals surface area contributed by atoms with E-state index in [0.29, 0.717) is 10.9 Å². The van der Waals surface area contributed by atoms with Crippen molar-refractivity contribution in [3.63, 3.8) is 0 Å². The Labute approximate surface area is 102 Å². The van der Waals surface area contributed by atoms with Crippen molar-refractivity contribution in [1.29, 1.82) is 0 Å². The van der Waals surface area contributed by atoms with Gasteiger partial charge in [0.2, 0.25) is 0 Å². The Morgan fingerprint density at radius 2 is 2.00 bits per heavy atom. The fourth-order valence-corrected chi connectivity index (χ4v) is 1.99. The summed E-state index contributed by atoms with van der Waals surface area (Å²) in [6.45, 7) is 4.36. The molecule has 16 heavy (non-hydrogen) atoms. The number of hydrogen-bond acceptors (Lipinski definition) is 1. The van der Waals surface area contributed by atoms with Crippen molar-refractivity contribution in [2.75, 3.05) is 7.05 Å². The van der Waals surface area contributed by atoms with Crippen molar-refractivity contribution in [3.8, 4) is 0 Å². The molecule has 1 N–H and O–H groups in total. The third kappa shape index (κ3) is 3.76. The molecule has 0 aromatic heterocycles. The van der Waals surface area contributed by atoms with Gasteiger partial charge < -0.3 is 5.32 Å². The second kappa shape index (κ2) is 6.21. The summed E-state index contributed by atoms with van der Waals surface area (Å²) in [5.74, 6) is 0.410. The zero-order valence-electron chi connectivity index (χ0n) is 10.1. The molecule has 0 bridgehead atoms. The van der Waals surface area contributed by atoms with Gasteiger partial charge >= 0.3 is 0 Å². The average molecular weight is 244 g/mol. The van der Waals surface area contributed by atoms with E-state index in [-0.39, 0.29) is 11.9 Å². The third-order valence-electron chi connectivity index (χ3n) is 2.71. The quantitative estimate of drug-likeness (QED) is 0.818. The largest absolute Gasteiger partial charge is 0.313 e. The van der Waals surface area contributed by atoms with Crippen molar-refractivity contribution in [2.24, 2.45) is 5.92 Å². The molecule has 0 heterocycles. The van der Waals surface area contributed by atoms with Crippen LogP contribution in [0.5, 0.6) is 0 Å². The molecule has 1 rings (SSSR count). The predicted molar refractivity (Wildman–Crippen MR) is 67.3 cm³/mol. The van der Waals surface area contributed by atoms with E-state index in [4.69, 9.17) is 11.6 Å². The first-order valence-electron chi connectivity index (χ1n) is 5.66. The van der Waals surface area contributed by atoms with Gasteiger partial charge in [0.15, 0.2) is 0 Å². The molecule has 90 valence electrons. The van der Waals surface area contributed by atoms with Gasteiger partial charge in [0, 0.05) is 11.1 Å². The smallest absolute Gasteiger partial charge is 0.123 e. The minimum atomic E-state index is -0.232. The van der Waals surface area contributed by atoms with Crippen molar-refractivity contribution >= 4 is 11.6 Å². The van der Waals surface area contributed by atoms with E-state index in [9.17, 15) is 4.39 Å². The third-order valence-corrected chi connectivity index (χ3v) is 3.06. The molecule has 1 aromatic rings. The molecule has 1 aromatic carbocycles. The van der Waals surface area contributed by atoms with Crippen LogP contribution in [-0.4, -0.2) is 7.05 Å². The molecule has 1 nitrogen and oxygen atoms in total. The van der Waals surface area contributed by atoms with Gasteiger partial charge in [-0.25, -0.2) is 4.39 Å². The van der Waals surface area contributed by atoms with Crippen LogP contribution in [0.3, 0.4) is 0 Å². The van der Waals surface area contributed by atoms with Crippen molar-refractivity contribution in [3.05, 3.63) is 34.6 Å². The number of rotatable bonds is 5. The number of hydrogen-bond donors (Lipinski definition) is 1. The van der Waals surface area contributed by atoms with Gasteiger partial charge in [-0.1, -0.05) is 25.4 Å². The average Bonchev–Trinajstić information content (AvgIpc) is 2.23. The highest BCUT2D eigenvalue weighted by Gasteiger charge is 2.14. The summed E-state index contributed by atoms with van der Waals surface area (Å²) in [6.07, 6.45) is 2.07. The molecule has 0 fully saturated rings. The zero-order chi connectivity index (χ0) is 12.1. The van der Waals surface area contributed by atoms with Crippen molar-refractivity contribution < 1.29 is 4.39 Å². The molecule has 1 unspecified atom stereocenters. The summed E-state index contributed by atoms with van der Waals surface area (Å²) >= 11 is 6.08. The van der Waals surface area contributed by atoms with Crippen LogP contribution in [0.2, 0.25) is 5.02 Å². The van der Waals surface area contributed by atoms with E-state index >= 15 is 0 Å². The summed E-state index contributed by atoms with van der Waals surface area (Å²) in [6, 6.07) is 4.65. The summed E-state index contributed by atoms with van der Waals surface area (Å²) in [7, 11) is 1.88. The first-order chi connectivity index (χ1) is 7.54. The molecule has 0 aliphatic rings. The lowest BCUT2D eigenvalue weighted by molar-refractivity contribution is 0.463. The highest BCUT2D eigenvalue weighted by molar-refractivity contribution is 6.31. The Morgan fingerprint density at radius 3 is 2.56 bits per heavy atom. The molecule has 0 saturated carbocycles. The summed E-state index contributed by atoms with van der Waals surface area (Å²) in [4.78, 5) is 0. The lowest BCUT2D eigenvalue weighted by Crippen LogP contribution is -2.17. The van der Waals surface area contributed by atoms with Gasteiger partial charge in [-0.3, -0.25) is 0 Å². The van der Waals surface area contributed by atoms with Crippen LogP contribution in [-0.2, 0) is 0 Å². The Kier molecular flexibility index (Phi) is 5.23. The SMILES string of the molecule is CNC(CCC(C)C)c1cc(F)ccc1Cl. The lowest BCUT2D eigenvalue weighted by Gasteiger charge is -2.19. The van der Waals surface area contributed by atoms with Crippen LogP contribution in [0.25, 0.3) is 0 Å². The first-order valence-corrected chi connectivity index (χ1v) is 6.04. The van der Waals surface area contributed by atoms with Gasteiger partial charge in [-0.15, -0.1) is 0 Å². The first kappa shape index (κ1) is 13.5. The maximum Gasteiger partial charge on any atom is 0.123 e. The predicted octanol–water partition coefficient (Wildman–Crippen LogP) is 4.18. The second-order valence-electron chi connectivity index (χ2n) is 4.48. The molecular formula is C13H19ClFN. The van der Waals surface area contributed by atoms with Crippen LogP contribution in [0, 0.1) is 11.7 Å². The number of halogens is 2. The molecular weight excluding hydrogens is 225 g/mol. The Hall–Kier alpha value is -0.600. The van der Waals surface area contributed by atoms with Crippen molar-refractivity contribution in [1.82, 2.24) is 5.32 Å². The topological polar surface area (TPSA) is 12.0 Å². The summed E-state index contributed by atoms with van der Waals surface area (Å²) in [5.41, 5.74) is 0.852. The molecule has 0 saturated heterocycles. The van der Waals surface area contributed by atoms with E-state index in [2.05, 4.69) is 19.2 Å². The normalized spacial score (nSPS) is 13.1. The Bertz CT molecular complexity index is 339. The fraction of sp³-hybridized carbons (Fsp3) is 0.538. The minimum absolute atomic E-state index is 0.130. The van der Waals surface area contributed by atoms with Crippen molar-refractivity contribution in [2.45, 2.75) is 32.7 Å². The molecule has 0 aliphatic carbocycles. The zero-order valence-corrected chi connectivity index (χ0v) is 10.8. The molecule has 0 spiro atoms. The maximum atomic E-state index is 13.2. The molecule has 0 radical (unpaired) electrons. The van der Waals surface area contributed by atoms with Crippen LogP contribution < -0.4 is 5.32 Å². The number of benzene rings is 1. The van der Waals surface area contributed by atoms with Gasteiger partial charge in [0.25, 0.3) is 0 Å². The monoisotopic (exact) mass is 243 g/mol. The number of nitrogens with one attached hydrogen (secondary N) is 1. The van der Waals surface area contributed by atoms with Crippen LogP contribution >= 0.6 is 11.6 Å². The molecule has 0 aliphatic heterocycles. The Morgan fingerprint density at radius 1 is 1.31 bits per heavy atom. The second-order valence-corrected chi connectivity index (χ2v) is 4.89. The van der Waals surface area contributed by atoms with Crippen LogP contribution in [0.4, 0.5) is 4.39 Å². The Balaban J connectivity index is 2.81. The van der Waals surface area contributed by atoms with E-state index in [1.54, 1.807) is 6.07 Å². The maximum absolute atomic E-state index is 13.2. The summed E-state index contributed by atoms with van der Waals surface area (Å²) in [5, 5.41) is 3.82. The van der Waals surface area contributed by atoms with Gasteiger partial charge in [0.1, 0.15) is 5.82 Å². The van der Waals surface area contributed by atoms with E-state index < -0.39 is 0 Å². The molecule has 0 amide bonds. The summed E-state index contributed by atoms with van der Waals surface area (Å²) < 4.78 is 13.2. The molecule has 3 heteroatoms. The lowest BCUT2D eigenvalue weighted by atomic mass is 9.97. The van der Waals surface area contributed by atoms with E-state index in [1.165, 1.54) is 12.1 Å². The minimum Gasteiger partial charge on any atom is -0.313 e. The van der Waals surface area contributed by atoms with E-state index in [0.717, 1.165) is 18.4 Å². The van der Waals surface area contributed by atoms with E-state index in [1.807, 2.05) is 7.05 Å². The highest BCUT2D eigenvalue weighted by Crippen LogP contribution is 2.27. The standard InChI is InChI=1S/C13H19ClFN/c1-9(2)4-7-13(16-3)11-8-10(15)5-6-12(11)14/h5-6,8-9,13,16H,4,7H2,1-3H3. The van der Waals surface area contributed by atoms with Gasteiger partial charge in [-0.05, 0) is 49.6 Å². The highest BCUT2D eigenvalue weighted by atomic mass is 35.5.